The van der Waals surface area contributed by atoms with Crippen LogP contribution in [0.15, 0.2) is 82.7 Å². The number of Topliss-reactive ketones (excluding diaryl/α,β-unsaturated/α-hetero) is 1. The van der Waals surface area contributed by atoms with Crippen molar-refractivity contribution in [3.63, 3.8) is 0 Å². The number of nitrogens with zero attached hydrogens (tertiary/aromatic N) is 12. The molecular weight excluding hydrogens is 1700 g/mol. The summed E-state index contributed by atoms with van der Waals surface area (Å²) in [6.07, 6.45) is 15.0. The van der Waals surface area contributed by atoms with Gasteiger partial charge >= 0.3 is 5.69 Å². The van der Waals surface area contributed by atoms with Crippen LogP contribution in [0.5, 0.6) is 11.8 Å². The molecule has 37 nitrogen and oxygen atoms in total. The summed E-state index contributed by atoms with van der Waals surface area (Å²) in [7, 11) is 2.87. The van der Waals surface area contributed by atoms with Crippen LogP contribution in [0.2, 0.25) is 0 Å². The summed E-state index contributed by atoms with van der Waals surface area (Å²) < 4.78 is 20.6. The highest BCUT2D eigenvalue weighted by molar-refractivity contribution is 9.10. The highest BCUT2D eigenvalue weighted by atomic mass is 79.9. The van der Waals surface area contributed by atoms with Gasteiger partial charge < -0.3 is 63.3 Å². The first-order valence-electron chi connectivity index (χ1n) is 36.0. The second-order valence-corrected chi connectivity index (χ2v) is 33.6. The number of pyridine rings is 2. The molecule has 4 aliphatic heterocycles. The second kappa shape index (κ2) is 36.1. The van der Waals surface area contributed by atoms with Crippen LogP contribution >= 0.6 is 96.6 Å². The van der Waals surface area contributed by atoms with Crippen LogP contribution < -0.4 is 79.9 Å². The van der Waals surface area contributed by atoms with Crippen molar-refractivity contribution >= 4 is 209 Å². The van der Waals surface area contributed by atoms with Gasteiger partial charge in [-0.05, 0) is 115 Å². The predicted molar refractivity (Wildman–Crippen MR) is 451 cm³/mol. The Labute approximate surface area is 696 Å². The largest absolute Gasteiger partial charge is 0.492 e. The summed E-state index contributed by atoms with van der Waals surface area (Å²) in [4.78, 5) is 171. The fourth-order valence-corrected chi connectivity index (χ4v) is 19.6. The number of amidine groups is 3. The molecule has 45 heteroatoms. The smallest absolute Gasteiger partial charge is 0.347 e. The van der Waals surface area contributed by atoms with Crippen LogP contribution in [-0.2, 0) is 31.4 Å². The average molecular weight is 1780 g/mol. The normalized spacial score (nSPS) is 18.4. The highest BCUT2D eigenvalue weighted by Crippen LogP contribution is 2.44. The van der Waals surface area contributed by atoms with Gasteiger partial charge in [-0.1, -0.05) is 65.2 Å². The number of aromatic amines is 3. The van der Waals surface area contributed by atoms with Gasteiger partial charge in [0.15, 0.2) is 20.3 Å². The molecule has 608 valence electrons. The lowest BCUT2D eigenvalue weighted by Gasteiger charge is -2.18. The molecule has 116 heavy (non-hydrogen) atoms. The van der Waals surface area contributed by atoms with E-state index in [1.807, 2.05) is 44.2 Å². The number of nitrogens with two attached hydrogens (primary N) is 3. The van der Waals surface area contributed by atoms with Crippen LogP contribution in [-0.4, -0.2) is 177 Å². The summed E-state index contributed by atoms with van der Waals surface area (Å²) >= 11 is 15.9. The number of aromatic nitrogens is 10. The number of H-pyrrole nitrogens is 3. The molecule has 5 atom stereocenters. The van der Waals surface area contributed by atoms with Gasteiger partial charge in [0.1, 0.15) is 82.8 Å². The average Bonchev–Trinajstić information content (AvgIpc) is 1.61. The molecule has 2 aliphatic carbocycles. The Bertz CT molecular complexity index is 5720. The number of aliphatic imine (C=N–C) groups is 3. The van der Waals surface area contributed by atoms with Crippen LogP contribution in [0.4, 0.5) is 42.7 Å². The molecule has 9 aromatic rings. The third kappa shape index (κ3) is 18.0. The molecule has 0 bridgehead atoms. The SMILES string of the molecule is CC(=O)Nc1nc(C)cc2c1C(C)CN2C(=O)c1sc(Nc2s[nH]c(=O)c2C(N)=NCC2CCCC2=O)nc1C.CNC(=O)c1nc(OC)cc2c1ccn2C(=O)c1sc(Nc2s[nH]c(=O)c2C(N)=NCC2C=CC=C2)nc1O.NC(=NCCC1CCCO1)C1C(=O)NSC1Nc1nc(CCl)c(C(=O)N2CCc3c2nc(=O)[nH]c3Br)s1. The summed E-state index contributed by atoms with van der Waals surface area (Å²) in [5, 5.41) is 26.8. The van der Waals surface area contributed by atoms with Crippen molar-refractivity contribution in [3.05, 3.63) is 144 Å². The highest BCUT2D eigenvalue weighted by Gasteiger charge is 2.41. The van der Waals surface area contributed by atoms with Gasteiger partial charge in [0.05, 0.1) is 59.4 Å². The number of anilines is 8. The van der Waals surface area contributed by atoms with Crippen molar-refractivity contribution in [1.82, 2.24) is 58.2 Å². The Morgan fingerprint density at radius 1 is 0.819 bits per heavy atom. The lowest BCUT2D eigenvalue weighted by atomic mass is 10.0. The number of ether oxygens (including phenoxy) is 2. The van der Waals surface area contributed by atoms with Crippen molar-refractivity contribution in [2.75, 3.05) is 84.6 Å². The minimum Gasteiger partial charge on any atom is -0.492 e. The molecule has 13 heterocycles. The van der Waals surface area contributed by atoms with E-state index >= 15 is 0 Å². The molecule has 1 saturated carbocycles. The van der Waals surface area contributed by atoms with Gasteiger partial charge in [0.2, 0.25) is 23.6 Å². The number of amides is 5. The maximum atomic E-state index is 13.7. The molecule has 5 unspecified atom stereocenters. The fourth-order valence-electron chi connectivity index (χ4n) is 13.5. The number of allylic oxidation sites excluding steroid dienone is 2. The molecule has 2 saturated heterocycles. The Morgan fingerprint density at radius 2 is 1.51 bits per heavy atom. The van der Waals surface area contributed by atoms with Crippen LogP contribution in [0, 0.1) is 31.6 Å². The zero-order chi connectivity index (χ0) is 82.5. The number of aromatic hydroxyl groups is 1. The number of halogens is 2. The maximum Gasteiger partial charge on any atom is 0.347 e. The van der Waals surface area contributed by atoms with E-state index < -0.39 is 45.8 Å². The number of aryl methyl sites for hydroxylation is 2. The molecule has 9 aromatic heterocycles. The van der Waals surface area contributed by atoms with Crippen LogP contribution in [0.3, 0.4) is 0 Å². The number of hydrogen-bond acceptors (Lipinski definition) is 31. The number of carbonyl (C=O) groups excluding carboxylic acids is 7. The Balaban J connectivity index is 0.000000151. The Hall–Kier alpha value is -10.9. The molecule has 5 amide bonds. The lowest BCUT2D eigenvalue weighted by molar-refractivity contribution is -0.121. The molecule has 0 spiro atoms. The number of carbonyl (C=O) groups is 7. The van der Waals surface area contributed by atoms with E-state index in [2.05, 4.69) is 106 Å². The summed E-state index contributed by atoms with van der Waals surface area (Å²) in [6, 6.07) is 4.94. The zero-order valence-electron chi connectivity index (χ0n) is 62.6. The number of hydrogen-bond donors (Lipinski definition) is 13. The number of ketones is 1. The molecule has 16 N–H and O–H groups in total. The third-order valence-electron chi connectivity index (χ3n) is 19.1. The maximum absolute atomic E-state index is 13.7. The quantitative estimate of drug-likeness (QED) is 0.00961. The van der Waals surface area contributed by atoms with E-state index in [0.717, 1.165) is 95.6 Å². The van der Waals surface area contributed by atoms with Crippen LogP contribution in [0.1, 0.15) is 137 Å². The van der Waals surface area contributed by atoms with Gasteiger partial charge in [0.25, 0.3) is 34.7 Å². The van der Waals surface area contributed by atoms with E-state index in [9.17, 15) is 53.1 Å². The third-order valence-corrected chi connectivity index (χ3v) is 25.6. The second-order valence-electron chi connectivity index (χ2n) is 27.0. The monoisotopic (exact) mass is 1780 g/mol. The molecule has 3 fully saturated rings. The molecular formula is C71H76BrClN24O13S6. The fraction of sp³-hybridized carbons (Fsp3) is 0.366. The van der Waals surface area contributed by atoms with Gasteiger partial charge in [0, 0.05) is 98.9 Å². The van der Waals surface area contributed by atoms with E-state index in [4.69, 9.17) is 38.3 Å². The number of rotatable bonds is 23. The first-order valence-corrected chi connectivity index (χ1v) is 42.3. The number of methoxy groups -OCH3 is 1. The van der Waals surface area contributed by atoms with Crippen molar-refractivity contribution in [2.45, 2.75) is 95.9 Å². The standard InChI is InChI=1S/C26H30N8O4S2.C24H22N8O5S2.C21H24BrClN8O4S2/c1-11-10-34(16-8-12(2)29-22(18(11)16)31-14(4)35)25(38)20-13(3)30-26(39-20)32-24-19(23(37)33-40-24)21(27)28-9-15-6-5-7-17(15)36;1-26-20(34)16-12-7-8-32(13(12)9-14(28-16)37-2)23(36)17-21(35)29-24(38-17)30-22-15(19(33)31-39-22)18(25)27-10-11-5-3-4-6-11;22-14-10-4-6-31(16(10)28-20(34)27-14)19(33)13-11(8-23)26-21(36-13)29-18-12(17(32)30-37-18)15(24)25-5-3-9-2-1-7-35-9/h8,11,15H,5-7,9-10H2,1-4H3,(H2,27,28)(H,30,32)(H,33,37)(H,29,31,35);3-9,11,35H,10H2,1-2H3,(H2,25,27)(H,26,34)(H,29,30)(H,31,33);9,12,18H,1-8H2,(H2,24,25)(H,26,29)(H,30,32)(H,27,28,34). The van der Waals surface area contributed by atoms with Crippen molar-refractivity contribution in [3.8, 4) is 11.8 Å². The number of nitrogens with one attached hydrogen (secondary N) is 9. The molecule has 6 aliphatic rings. The number of alkyl halides is 1. The van der Waals surface area contributed by atoms with Crippen molar-refractivity contribution in [1.29, 1.82) is 0 Å². The number of thiazole rings is 3. The van der Waals surface area contributed by atoms with Gasteiger partial charge in [-0.15, -0.1) is 11.6 Å². The summed E-state index contributed by atoms with van der Waals surface area (Å²) in [5.74, 6) is -1.89. The Kier molecular flexibility index (Phi) is 25.9. The van der Waals surface area contributed by atoms with Crippen molar-refractivity contribution in [2.24, 2.45) is 49.9 Å². The molecule has 0 radical (unpaired) electrons. The molecule has 0 aromatic carbocycles. The first kappa shape index (κ1) is 83.1. The Morgan fingerprint density at radius 3 is 2.17 bits per heavy atom. The predicted octanol–water partition coefficient (Wildman–Crippen LogP) is 7.63. The number of fused-ring (bicyclic) bond motifs is 3. The van der Waals surface area contributed by atoms with Crippen molar-refractivity contribution < 1.29 is 48.1 Å². The minimum atomic E-state index is -0.698. The minimum absolute atomic E-state index is 0.0116. The lowest BCUT2D eigenvalue weighted by Crippen LogP contribution is -2.38. The summed E-state index contributed by atoms with van der Waals surface area (Å²) in [5.41, 5.74) is 21.8. The summed E-state index contributed by atoms with van der Waals surface area (Å²) in [6.45, 7) is 9.69. The molecule has 15 rings (SSSR count). The van der Waals surface area contributed by atoms with E-state index in [-0.39, 0.29) is 116 Å². The topological polar surface area (TPSA) is 533 Å². The van der Waals surface area contributed by atoms with E-state index in [0.29, 0.717) is 119 Å². The first-order chi connectivity index (χ1) is 55.7. The van der Waals surface area contributed by atoms with Gasteiger partial charge in [-0.25, -0.2) is 24.7 Å². The van der Waals surface area contributed by atoms with Gasteiger partial charge in [-0.3, -0.25) is 86.0 Å². The van der Waals surface area contributed by atoms with Crippen LogP contribution in [0.25, 0.3) is 10.9 Å². The van der Waals surface area contributed by atoms with Gasteiger partial charge in [-0.2, -0.15) is 9.97 Å². The van der Waals surface area contributed by atoms with E-state index in [1.54, 1.807) is 17.9 Å². The zero-order valence-corrected chi connectivity index (χ0v) is 69.9. The van der Waals surface area contributed by atoms with E-state index in [1.165, 1.54) is 66.1 Å².